The maximum atomic E-state index is 14.2. The van der Waals surface area contributed by atoms with Gasteiger partial charge < -0.3 is 15.0 Å². The summed E-state index contributed by atoms with van der Waals surface area (Å²) < 4.78 is 52.2. The molecule has 2 N–H and O–H groups in total. The Morgan fingerprint density at radius 1 is 1.06 bits per heavy atom. The fraction of sp³-hybridized carbons (Fsp3) is 0.289. The summed E-state index contributed by atoms with van der Waals surface area (Å²) in [5.41, 5.74) is 4.65. The molecule has 0 bridgehead atoms. The molecule has 6 heterocycles. The minimum absolute atomic E-state index is 0.0193. The summed E-state index contributed by atoms with van der Waals surface area (Å²) >= 11 is 1.47. The van der Waals surface area contributed by atoms with Gasteiger partial charge in [-0.15, -0.1) is 11.3 Å². The largest absolute Gasteiger partial charge is 0.496 e. The Balaban J connectivity index is 1.19. The van der Waals surface area contributed by atoms with Gasteiger partial charge in [-0.2, -0.15) is 13.2 Å². The molecule has 1 saturated heterocycles. The number of aromatic amines is 1. The van der Waals surface area contributed by atoms with Gasteiger partial charge in [-0.3, -0.25) is 19.3 Å². The molecule has 264 valence electrons. The first kappa shape index (κ1) is 32.4. The number of halogens is 3. The number of anilines is 1. The van der Waals surface area contributed by atoms with Crippen molar-refractivity contribution in [2.45, 2.75) is 56.8 Å². The summed E-state index contributed by atoms with van der Waals surface area (Å²) in [6.45, 7) is 0.590. The third-order valence-corrected chi connectivity index (χ3v) is 11.5. The van der Waals surface area contributed by atoms with Crippen LogP contribution in [0.1, 0.15) is 75.3 Å². The number of aromatic nitrogens is 4. The summed E-state index contributed by atoms with van der Waals surface area (Å²) in [6, 6.07) is 15.0. The molecule has 52 heavy (non-hydrogen) atoms. The second kappa shape index (κ2) is 12.3. The first-order valence-electron chi connectivity index (χ1n) is 17.1. The molecule has 2 aliphatic heterocycles. The highest BCUT2D eigenvalue weighted by molar-refractivity contribution is 7.23. The number of alkyl halides is 3. The molecule has 2 aromatic carbocycles. The van der Waals surface area contributed by atoms with E-state index in [0.29, 0.717) is 46.0 Å². The Hall–Kier alpha value is -5.50. The Bertz CT molecular complexity index is 2450. The van der Waals surface area contributed by atoms with E-state index < -0.39 is 17.5 Å². The second-order valence-electron chi connectivity index (χ2n) is 13.3. The van der Waals surface area contributed by atoms with Crippen molar-refractivity contribution in [1.82, 2.24) is 25.0 Å². The fourth-order valence-corrected chi connectivity index (χ4v) is 9.22. The number of hydrogen-bond donors (Lipinski definition) is 2. The molecule has 0 unspecified atom stereocenters. The van der Waals surface area contributed by atoms with E-state index in [4.69, 9.17) is 19.2 Å². The number of carbonyl (C=O) groups excluding carboxylic acids is 1. The minimum Gasteiger partial charge on any atom is -0.496 e. The van der Waals surface area contributed by atoms with E-state index in [9.17, 15) is 22.8 Å². The van der Waals surface area contributed by atoms with E-state index in [1.54, 1.807) is 19.4 Å². The van der Waals surface area contributed by atoms with Crippen molar-refractivity contribution in [2.24, 2.45) is 0 Å². The number of rotatable bonds is 8. The molecule has 9 rings (SSSR count). The van der Waals surface area contributed by atoms with E-state index >= 15 is 0 Å². The van der Waals surface area contributed by atoms with Gasteiger partial charge >= 0.3 is 11.9 Å². The van der Waals surface area contributed by atoms with Gasteiger partial charge in [0.2, 0.25) is 0 Å². The summed E-state index contributed by atoms with van der Waals surface area (Å²) in [6.07, 6.45) is 1.03. The Kier molecular flexibility index (Phi) is 7.68. The zero-order valence-electron chi connectivity index (χ0n) is 27.8. The molecule has 14 heteroatoms. The van der Waals surface area contributed by atoms with Crippen molar-refractivity contribution >= 4 is 33.1 Å². The van der Waals surface area contributed by atoms with E-state index in [1.165, 1.54) is 23.0 Å². The molecule has 1 fully saturated rings. The van der Waals surface area contributed by atoms with Crippen LogP contribution >= 0.6 is 11.3 Å². The van der Waals surface area contributed by atoms with Crippen molar-refractivity contribution in [2.75, 3.05) is 19.0 Å². The van der Waals surface area contributed by atoms with Gasteiger partial charge in [-0.1, -0.05) is 35.5 Å². The molecule has 10 nitrogen and oxygen atoms in total. The summed E-state index contributed by atoms with van der Waals surface area (Å²) in [7, 11) is 1.68. The number of pyridine rings is 2. The Labute approximate surface area is 298 Å². The average Bonchev–Trinajstić information content (AvgIpc) is 3.98. The molecular weight excluding hydrogens is 694 g/mol. The first-order chi connectivity index (χ1) is 25.2. The highest BCUT2D eigenvalue weighted by Gasteiger charge is 2.45. The lowest BCUT2D eigenvalue weighted by molar-refractivity contribution is -0.137. The predicted octanol–water partition coefficient (Wildman–Crippen LogP) is 7.90. The maximum Gasteiger partial charge on any atom is 0.439 e. The van der Waals surface area contributed by atoms with Crippen LogP contribution in [-0.4, -0.2) is 44.6 Å². The van der Waals surface area contributed by atoms with Crippen LogP contribution in [-0.2, 0) is 25.4 Å². The molecular formula is C38H31F3N6O4S. The Morgan fingerprint density at radius 2 is 1.92 bits per heavy atom. The zero-order chi connectivity index (χ0) is 35.7. The van der Waals surface area contributed by atoms with Crippen LogP contribution in [0.15, 0.2) is 70.1 Å². The van der Waals surface area contributed by atoms with Crippen molar-refractivity contribution in [3.8, 4) is 27.6 Å². The van der Waals surface area contributed by atoms with E-state index in [2.05, 4.69) is 21.5 Å². The van der Waals surface area contributed by atoms with E-state index in [1.807, 2.05) is 29.2 Å². The third-order valence-electron chi connectivity index (χ3n) is 10.4. The van der Waals surface area contributed by atoms with E-state index in [0.717, 1.165) is 64.1 Å². The summed E-state index contributed by atoms with van der Waals surface area (Å²) in [5.74, 6) is 0.734. The lowest BCUT2D eigenvalue weighted by Gasteiger charge is -2.17. The number of carbonyl (C=O) groups is 1. The van der Waals surface area contributed by atoms with Crippen LogP contribution in [0.4, 0.5) is 19.0 Å². The predicted molar refractivity (Wildman–Crippen MR) is 189 cm³/mol. The van der Waals surface area contributed by atoms with Gasteiger partial charge in [0.05, 0.1) is 52.0 Å². The summed E-state index contributed by atoms with van der Waals surface area (Å²) in [4.78, 5) is 41.6. The van der Waals surface area contributed by atoms with Crippen molar-refractivity contribution < 1.29 is 27.2 Å². The number of hydrogen-bond acceptors (Lipinski definition) is 9. The number of amides is 1. The molecule has 3 aliphatic rings. The molecule has 6 aromatic rings. The zero-order valence-corrected chi connectivity index (χ0v) is 28.7. The second-order valence-corrected chi connectivity index (χ2v) is 14.4. The van der Waals surface area contributed by atoms with Crippen molar-refractivity contribution in [3.63, 3.8) is 0 Å². The van der Waals surface area contributed by atoms with Crippen molar-refractivity contribution in [1.29, 1.82) is 0 Å². The molecule has 1 amide bonds. The van der Waals surface area contributed by atoms with Crippen LogP contribution in [0, 0.1) is 0 Å². The highest BCUT2D eigenvalue weighted by atomic mass is 32.1. The Morgan fingerprint density at radius 3 is 2.73 bits per heavy atom. The molecule has 4 aromatic heterocycles. The van der Waals surface area contributed by atoms with Gasteiger partial charge in [0.1, 0.15) is 11.6 Å². The molecule has 1 aliphatic carbocycles. The number of aryl methyl sites for hydroxylation is 2. The van der Waals surface area contributed by atoms with Crippen LogP contribution in [0.5, 0.6) is 5.75 Å². The lowest BCUT2D eigenvalue weighted by atomic mass is 9.92. The van der Waals surface area contributed by atoms with E-state index in [-0.39, 0.29) is 36.7 Å². The SMILES string of the molecule is COc1cccc2c1CC[C@@H]2Nc1nccc2cc(-c3c4c(nc(CCc5cccc(C(F)(F)F)c5)c3-c3noc(=O)[nH]3)[C@@H]3CCCN3C4=O)sc12. The standard InChI is InChI=1S/C38H31F3N6O4S/c1-50-27-9-3-7-22-23(27)11-13-24(22)44-35-33-20(14-15-42-35)18-28(52-33)30-29(34-45-37(49)51-46-34)25(12-10-19-5-2-6-21(17-19)38(39,40)41)43-32-26-8-4-16-47(26)36(48)31(30)32/h2-3,5-7,9,14-15,17-18,24,26H,4,8,10-13,16H2,1H3,(H,42,44)(H,45,46,49)/t24-,26-/m0/s1. The van der Waals surface area contributed by atoms with Gasteiger partial charge in [0.15, 0.2) is 5.82 Å². The highest BCUT2D eigenvalue weighted by Crippen LogP contribution is 2.50. The van der Waals surface area contributed by atoms with Gasteiger partial charge in [0, 0.05) is 23.2 Å². The van der Waals surface area contributed by atoms with Gasteiger partial charge in [-0.25, -0.2) is 9.78 Å². The molecule has 0 saturated carbocycles. The number of methoxy groups -OCH3 is 1. The maximum absolute atomic E-state index is 14.2. The number of nitrogens with one attached hydrogen (secondary N) is 2. The lowest BCUT2D eigenvalue weighted by Crippen LogP contribution is -2.22. The topological polar surface area (TPSA) is 126 Å². The van der Waals surface area contributed by atoms with Crippen LogP contribution in [0.3, 0.4) is 0 Å². The number of fused-ring (bicyclic) bond motifs is 5. The summed E-state index contributed by atoms with van der Waals surface area (Å²) in [5, 5.41) is 8.62. The first-order valence-corrected chi connectivity index (χ1v) is 17.9. The number of ether oxygens (including phenoxy) is 1. The minimum atomic E-state index is -4.48. The van der Waals surface area contributed by atoms with Gasteiger partial charge in [-0.05, 0) is 84.9 Å². The van der Waals surface area contributed by atoms with Crippen LogP contribution in [0.2, 0.25) is 0 Å². The monoisotopic (exact) mass is 724 g/mol. The average molecular weight is 725 g/mol. The molecule has 2 atom stereocenters. The number of H-pyrrole nitrogens is 1. The number of thiophene rings is 1. The fourth-order valence-electron chi connectivity index (χ4n) is 8.05. The molecule has 0 radical (unpaired) electrons. The van der Waals surface area contributed by atoms with Crippen LogP contribution in [0.25, 0.3) is 31.9 Å². The molecule has 0 spiro atoms. The van der Waals surface area contributed by atoms with Crippen LogP contribution < -0.4 is 15.8 Å². The quantitative estimate of drug-likeness (QED) is 0.162. The third kappa shape index (κ3) is 5.35. The van der Waals surface area contributed by atoms with Crippen molar-refractivity contribution in [3.05, 3.63) is 111 Å². The number of benzene rings is 2. The van der Waals surface area contributed by atoms with Gasteiger partial charge in [0.25, 0.3) is 5.91 Å². The smallest absolute Gasteiger partial charge is 0.439 e. The normalized spacial score (nSPS) is 17.8. The number of nitrogens with zero attached hydrogens (tertiary/aromatic N) is 4.